The van der Waals surface area contributed by atoms with Crippen LogP contribution in [0.25, 0.3) is 0 Å². The topological polar surface area (TPSA) is 94.2 Å². The SMILES string of the molecule is COc1ccc(S(=O)(=O)N2C[C@@H](C(=O)N[C@H](C)c3ccccc3OC)Oc3ccc(C)cc32)cc1. The minimum absolute atomic E-state index is 0.0919. The maximum atomic E-state index is 13.6. The molecule has 9 heteroatoms. The first-order chi connectivity index (χ1) is 16.7. The zero-order valence-electron chi connectivity index (χ0n) is 20.0. The van der Waals surface area contributed by atoms with E-state index < -0.39 is 22.0 Å². The maximum absolute atomic E-state index is 13.6. The highest BCUT2D eigenvalue weighted by atomic mass is 32.2. The summed E-state index contributed by atoms with van der Waals surface area (Å²) in [6.07, 6.45) is -1.05. The lowest BCUT2D eigenvalue weighted by Gasteiger charge is -2.35. The lowest BCUT2D eigenvalue weighted by atomic mass is 10.1. The molecule has 184 valence electrons. The van der Waals surface area contributed by atoms with Gasteiger partial charge in [0.1, 0.15) is 17.2 Å². The van der Waals surface area contributed by atoms with Gasteiger partial charge in [-0.3, -0.25) is 9.10 Å². The number of nitrogens with zero attached hydrogens (tertiary/aromatic N) is 1. The molecule has 1 amide bonds. The second kappa shape index (κ2) is 9.87. The van der Waals surface area contributed by atoms with Gasteiger partial charge < -0.3 is 19.5 Å². The molecule has 0 unspecified atom stereocenters. The third-order valence-electron chi connectivity index (χ3n) is 5.89. The Morgan fingerprint density at radius 3 is 2.46 bits per heavy atom. The number of rotatable bonds is 7. The van der Waals surface area contributed by atoms with E-state index >= 15 is 0 Å². The molecule has 0 aromatic heterocycles. The molecule has 3 aromatic carbocycles. The zero-order chi connectivity index (χ0) is 25.2. The minimum Gasteiger partial charge on any atom is -0.497 e. The highest BCUT2D eigenvalue weighted by molar-refractivity contribution is 7.92. The molecule has 0 aliphatic carbocycles. The second-order valence-corrected chi connectivity index (χ2v) is 10.1. The molecule has 0 radical (unpaired) electrons. The fraction of sp³-hybridized carbons (Fsp3) is 0.269. The zero-order valence-corrected chi connectivity index (χ0v) is 20.8. The molecule has 35 heavy (non-hydrogen) atoms. The number of carbonyl (C=O) groups excluding carboxylic acids is 1. The average molecular weight is 497 g/mol. The summed E-state index contributed by atoms with van der Waals surface area (Å²) < 4.78 is 45.0. The highest BCUT2D eigenvalue weighted by Crippen LogP contribution is 2.38. The van der Waals surface area contributed by atoms with Gasteiger partial charge in [-0.25, -0.2) is 8.42 Å². The Labute approximate surface area is 205 Å². The minimum atomic E-state index is -3.98. The molecule has 1 heterocycles. The molecule has 0 fully saturated rings. The summed E-state index contributed by atoms with van der Waals surface area (Å²) in [5.74, 6) is 1.09. The summed E-state index contributed by atoms with van der Waals surface area (Å²) in [6.45, 7) is 3.53. The van der Waals surface area contributed by atoms with E-state index in [1.54, 1.807) is 31.4 Å². The number of hydrogen-bond donors (Lipinski definition) is 1. The van der Waals surface area contributed by atoms with Crippen molar-refractivity contribution >= 4 is 21.6 Å². The van der Waals surface area contributed by atoms with Gasteiger partial charge in [-0.1, -0.05) is 24.3 Å². The first-order valence-electron chi connectivity index (χ1n) is 11.1. The van der Waals surface area contributed by atoms with Gasteiger partial charge in [0.05, 0.1) is 37.4 Å². The van der Waals surface area contributed by atoms with Crippen LogP contribution in [0.1, 0.15) is 24.1 Å². The first kappa shape index (κ1) is 24.4. The molecule has 4 rings (SSSR count). The number of hydrogen-bond acceptors (Lipinski definition) is 6. The molecule has 8 nitrogen and oxygen atoms in total. The molecule has 3 aromatic rings. The molecule has 0 bridgehead atoms. The number of sulfonamides is 1. The van der Waals surface area contributed by atoms with Crippen molar-refractivity contribution in [1.82, 2.24) is 5.32 Å². The van der Waals surface area contributed by atoms with Gasteiger partial charge in [0, 0.05) is 5.56 Å². The van der Waals surface area contributed by atoms with E-state index in [0.29, 0.717) is 22.9 Å². The van der Waals surface area contributed by atoms with Gasteiger partial charge in [-0.05, 0) is 61.9 Å². The van der Waals surface area contributed by atoms with Crippen LogP contribution in [0.4, 0.5) is 5.69 Å². The van der Waals surface area contributed by atoms with Gasteiger partial charge in [-0.2, -0.15) is 0 Å². The standard InChI is InChI=1S/C26H28N2O6S/c1-17-9-14-24-22(15-17)28(35(30,31)20-12-10-19(32-3)11-13-20)16-25(34-24)26(29)27-18(2)21-7-5-6-8-23(21)33-4/h5-15,18,25H,16H2,1-4H3,(H,27,29)/t18-,25+/m1/s1. The molecule has 0 spiro atoms. The summed E-state index contributed by atoms with van der Waals surface area (Å²) in [6, 6.07) is 18.4. The summed E-state index contributed by atoms with van der Waals surface area (Å²) in [5.41, 5.74) is 2.07. The smallest absolute Gasteiger partial charge is 0.264 e. The molecule has 1 aliphatic heterocycles. The third-order valence-corrected chi connectivity index (χ3v) is 7.68. The number of benzene rings is 3. The number of fused-ring (bicyclic) bond motifs is 1. The summed E-state index contributed by atoms with van der Waals surface area (Å²) in [5, 5.41) is 2.93. The van der Waals surface area contributed by atoms with E-state index in [1.165, 1.54) is 23.5 Å². The molecule has 1 aliphatic rings. The Morgan fingerprint density at radius 1 is 1.06 bits per heavy atom. The van der Waals surface area contributed by atoms with E-state index in [-0.39, 0.29) is 17.5 Å². The van der Waals surface area contributed by atoms with Crippen molar-refractivity contribution in [2.24, 2.45) is 0 Å². The van der Waals surface area contributed by atoms with Gasteiger partial charge in [-0.15, -0.1) is 0 Å². The van der Waals surface area contributed by atoms with Crippen molar-refractivity contribution in [1.29, 1.82) is 0 Å². The quantitative estimate of drug-likeness (QED) is 0.534. The molecule has 0 saturated heterocycles. The van der Waals surface area contributed by atoms with E-state index in [4.69, 9.17) is 14.2 Å². The van der Waals surface area contributed by atoms with Crippen molar-refractivity contribution in [2.75, 3.05) is 25.1 Å². The van der Waals surface area contributed by atoms with Gasteiger partial charge >= 0.3 is 0 Å². The molecular weight excluding hydrogens is 468 g/mol. The molecule has 0 saturated carbocycles. The normalized spacial score (nSPS) is 16.0. The van der Waals surface area contributed by atoms with Crippen molar-refractivity contribution in [3.05, 3.63) is 77.9 Å². The average Bonchev–Trinajstić information content (AvgIpc) is 2.87. The van der Waals surface area contributed by atoms with Crippen LogP contribution in [0.15, 0.2) is 71.6 Å². The van der Waals surface area contributed by atoms with E-state index in [1.807, 2.05) is 44.2 Å². The fourth-order valence-corrected chi connectivity index (χ4v) is 5.48. The Balaban J connectivity index is 1.64. The van der Waals surface area contributed by atoms with Crippen LogP contribution in [0.2, 0.25) is 0 Å². The van der Waals surface area contributed by atoms with Crippen molar-refractivity contribution in [3.8, 4) is 17.2 Å². The fourth-order valence-electron chi connectivity index (χ4n) is 4.01. The number of amides is 1. The lowest BCUT2D eigenvalue weighted by Crippen LogP contribution is -2.51. The lowest BCUT2D eigenvalue weighted by molar-refractivity contribution is -0.128. The predicted molar refractivity (Wildman–Crippen MR) is 133 cm³/mol. The van der Waals surface area contributed by atoms with Crippen LogP contribution in [-0.4, -0.2) is 41.2 Å². The van der Waals surface area contributed by atoms with Crippen molar-refractivity contribution in [2.45, 2.75) is 30.9 Å². The Kier molecular flexibility index (Phi) is 6.88. The van der Waals surface area contributed by atoms with E-state index in [9.17, 15) is 13.2 Å². The number of anilines is 1. The number of aryl methyl sites for hydroxylation is 1. The summed E-state index contributed by atoms with van der Waals surface area (Å²) in [7, 11) is -0.896. The van der Waals surface area contributed by atoms with Crippen LogP contribution in [0.3, 0.4) is 0 Å². The van der Waals surface area contributed by atoms with Gasteiger partial charge in [0.2, 0.25) is 0 Å². The van der Waals surface area contributed by atoms with Crippen LogP contribution in [0, 0.1) is 6.92 Å². The number of carbonyl (C=O) groups is 1. The third kappa shape index (κ3) is 4.90. The number of nitrogens with one attached hydrogen (secondary N) is 1. The second-order valence-electron chi connectivity index (χ2n) is 8.26. The largest absolute Gasteiger partial charge is 0.497 e. The molecule has 1 N–H and O–H groups in total. The van der Waals surface area contributed by atoms with Crippen molar-refractivity contribution < 1.29 is 27.4 Å². The number of methoxy groups -OCH3 is 2. The van der Waals surface area contributed by atoms with Gasteiger partial charge in [0.25, 0.3) is 15.9 Å². The molecule has 2 atom stereocenters. The van der Waals surface area contributed by atoms with Crippen molar-refractivity contribution in [3.63, 3.8) is 0 Å². The number of para-hydroxylation sites is 1. The van der Waals surface area contributed by atoms with E-state index in [2.05, 4.69) is 5.32 Å². The van der Waals surface area contributed by atoms with Crippen LogP contribution in [-0.2, 0) is 14.8 Å². The Bertz CT molecular complexity index is 1320. The summed E-state index contributed by atoms with van der Waals surface area (Å²) in [4.78, 5) is 13.3. The van der Waals surface area contributed by atoms with Crippen LogP contribution in [0.5, 0.6) is 17.2 Å². The predicted octanol–water partition coefficient (Wildman–Crippen LogP) is 3.85. The van der Waals surface area contributed by atoms with Crippen LogP contribution >= 0.6 is 0 Å². The van der Waals surface area contributed by atoms with Gasteiger partial charge in [0.15, 0.2) is 6.10 Å². The Morgan fingerprint density at radius 2 is 1.77 bits per heavy atom. The van der Waals surface area contributed by atoms with Crippen LogP contribution < -0.4 is 23.8 Å². The highest BCUT2D eigenvalue weighted by Gasteiger charge is 2.38. The Hall–Kier alpha value is -3.72. The number of ether oxygens (including phenoxy) is 3. The first-order valence-corrected chi connectivity index (χ1v) is 12.6. The monoisotopic (exact) mass is 496 g/mol. The van der Waals surface area contributed by atoms with E-state index in [0.717, 1.165) is 11.1 Å². The maximum Gasteiger partial charge on any atom is 0.264 e. The molecular formula is C26H28N2O6S. The summed E-state index contributed by atoms with van der Waals surface area (Å²) >= 11 is 0.